The van der Waals surface area contributed by atoms with E-state index in [1.165, 1.54) is 0 Å². The predicted molar refractivity (Wildman–Crippen MR) is 70.1 cm³/mol. The van der Waals surface area contributed by atoms with Crippen molar-refractivity contribution in [1.82, 2.24) is 25.2 Å². The molecule has 2 aromatic rings. The second-order valence-corrected chi connectivity index (χ2v) is 5.54. The summed E-state index contributed by atoms with van der Waals surface area (Å²) in [7, 11) is 0. The molecule has 10 heteroatoms. The maximum absolute atomic E-state index is 12.4. The number of hydrogen-bond donors (Lipinski definition) is 0. The lowest BCUT2D eigenvalue weighted by atomic mass is 10.0. The fourth-order valence-corrected chi connectivity index (χ4v) is 2.68. The first-order valence-electron chi connectivity index (χ1n) is 7.33. The Hall–Kier alpha value is -1.97. The molecule has 7 nitrogen and oxygen atoms in total. The minimum Gasteiger partial charge on any atom is -0.423 e. The summed E-state index contributed by atoms with van der Waals surface area (Å²) in [5, 5.41) is 11.0. The number of alkyl halides is 3. The fraction of sp³-hybridized carbons (Fsp3) is 0.692. The predicted octanol–water partition coefficient (Wildman–Crippen LogP) is 2.59. The zero-order valence-electron chi connectivity index (χ0n) is 12.5. The van der Waals surface area contributed by atoms with Crippen molar-refractivity contribution < 1.29 is 22.1 Å². The summed E-state index contributed by atoms with van der Waals surface area (Å²) >= 11 is 0. The van der Waals surface area contributed by atoms with Gasteiger partial charge in [-0.1, -0.05) is 11.6 Å². The molecule has 1 aliphatic heterocycles. The lowest BCUT2D eigenvalue weighted by Crippen LogP contribution is -2.33. The van der Waals surface area contributed by atoms with Gasteiger partial charge in [-0.3, -0.25) is 4.90 Å². The summed E-state index contributed by atoms with van der Waals surface area (Å²) in [6, 6.07) is -0.231. The maximum atomic E-state index is 12.4. The zero-order valence-corrected chi connectivity index (χ0v) is 12.5. The molecule has 1 fully saturated rings. The van der Waals surface area contributed by atoms with Gasteiger partial charge in [-0.15, -0.1) is 10.2 Å². The van der Waals surface area contributed by atoms with Gasteiger partial charge >= 0.3 is 6.18 Å². The Morgan fingerprint density at radius 2 is 2.04 bits per heavy atom. The van der Waals surface area contributed by atoms with Gasteiger partial charge in [0.1, 0.15) is 6.42 Å². The summed E-state index contributed by atoms with van der Waals surface area (Å²) < 4.78 is 47.5. The molecule has 1 atom stereocenters. The molecular weight excluding hydrogens is 315 g/mol. The first-order chi connectivity index (χ1) is 10.9. The molecule has 0 saturated carbocycles. The van der Waals surface area contributed by atoms with Crippen molar-refractivity contribution in [2.45, 2.75) is 51.4 Å². The number of piperidine rings is 1. The van der Waals surface area contributed by atoms with Gasteiger partial charge in [0.15, 0.2) is 5.82 Å². The van der Waals surface area contributed by atoms with Crippen LogP contribution >= 0.6 is 0 Å². The highest BCUT2D eigenvalue weighted by atomic mass is 19.4. The summed E-state index contributed by atoms with van der Waals surface area (Å²) in [5.74, 6) is 0.801. The van der Waals surface area contributed by atoms with E-state index in [2.05, 4.69) is 20.3 Å². The van der Waals surface area contributed by atoms with Gasteiger partial charge in [-0.2, -0.15) is 18.2 Å². The van der Waals surface area contributed by atoms with Gasteiger partial charge in [0, 0.05) is 0 Å². The van der Waals surface area contributed by atoms with Crippen LogP contribution in [0.15, 0.2) is 8.94 Å². The van der Waals surface area contributed by atoms with Gasteiger partial charge in [0.25, 0.3) is 0 Å². The lowest BCUT2D eigenvalue weighted by Gasteiger charge is -2.32. The van der Waals surface area contributed by atoms with Gasteiger partial charge in [0.2, 0.25) is 17.7 Å². The molecule has 0 N–H and O–H groups in total. The molecule has 3 heterocycles. The third-order valence-electron chi connectivity index (χ3n) is 3.64. The highest BCUT2D eigenvalue weighted by Gasteiger charge is 2.34. The normalized spacial score (nSPS) is 20.1. The van der Waals surface area contributed by atoms with Crippen LogP contribution in [0.25, 0.3) is 0 Å². The SMILES string of the molecule is Cc1noc(CN2CCCC[C@H]2c2nnc(CC(F)(F)F)o2)n1. The highest BCUT2D eigenvalue weighted by molar-refractivity contribution is 4.96. The molecule has 1 aliphatic rings. The van der Waals surface area contributed by atoms with Crippen molar-refractivity contribution in [1.29, 1.82) is 0 Å². The Morgan fingerprint density at radius 3 is 2.74 bits per heavy atom. The van der Waals surface area contributed by atoms with Crippen LogP contribution in [0.1, 0.15) is 48.8 Å². The van der Waals surface area contributed by atoms with Crippen LogP contribution in [0.5, 0.6) is 0 Å². The van der Waals surface area contributed by atoms with Gasteiger partial charge in [-0.05, 0) is 26.3 Å². The smallest absolute Gasteiger partial charge is 0.397 e. The van der Waals surface area contributed by atoms with Crippen molar-refractivity contribution in [3.8, 4) is 0 Å². The van der Waals surface area contributed by atoms with Crippen LogP contribution in [-0.2, 0) is 13.0 Å². The molecule has 0 unspecified atom stereocenters. The van der Waals surface area contributed by atoms with E-state index in [9.17, 15) is 13.2 Å². The summed E-state index contributed by atoms with van der Waals surface area (Å²) in [6.07, 6.45) is -2.91. The van der Waals surface area contributed by atoms with E-state index in [0.717, 1.165) is 25.8 Å². The number of halogens is 3. The van der Waals surface area contributed by atoms with E-state index in [1.807, 2.05) is 4.90 Å². The molecule has 0 aliphatic carbocycles. The van der Waals surface area contributed by atoms with E-state index in [-0.39, 0.29) is 11.9 Å². The summed E-state index contributed by atoms with van der Waals surface area (Å²) in [4.78, 5) is 6.17. The van der Waals surface area contributed by atoms with E-state index >= 15 is 0 Å². The number of likely N-dealkylation sites (tertiary alicyclic amines) is 1. The fourth-order valence-electron chi connectivity index (χ4n) is 2.68. The topological polar surface area (TPSA) is 81.1 Å². The second kappa shape index (κ2) is 6.26. The molecule has 0 amide bonds. The minimum absolute atomic E-state index is 0.209. The van der Waals surface area contributed by atoms with Crippen molar-refractivity contribution in [3.63, 3.8) is 0 Å². The third kappa shape index (κ3) is 4.06. The molecule has 0 radical (unpaired) electrons. The molecule has 2 aromatic heterocycles. The van der Waals surface area contributed by atoms with Gasteiger partial charge < -0.3 is 8.94 Å². The Balaban J connectivity index is 1.73. The Morgan fingerprint density at radius 1 is 1.22 bits per heavy atom. The first kappa shape index (κ1) is 15.9. The molecule has 0 spiro atoms. The number of aryl methyl sites for hydroxylation is 1. The van der Waals surface area contributed by atoms with E-state index in [4.69, 9.17) is 8.94 Å². The Bertz CT molecular complexity index is 654. The third-order valence-corrected chi connectivity index (χ3v) is 3.64. The standard InChI is InChI=1S/C13H16F3N5O2/c1-8-17-11(23-20-8)7-21-5-3-2-4-9(21)12-19-18-10(22-12)6-13(14,15)16/h9H,2-7H2,1H3/t9-/m0/s1. The second-order valence-electron chi connectivity index (χ2n) is 5.54. The highest BCUT2D eigenvalue weighted by Crippen LogP contribution is 2.32. The monoisotopic (exact) mass is 331 g/mol. The van der Waals surface area contributed by atoms with E-state index < -0.39 is 18.5 Å². The number of nitrogens with zero attached hydrogens (tertiary/aromatic N) is 5. The van der Waals surface area contributed by atoms with Crippen molar-refractivity contribution in [2.75, 3.05) is 6.54 Å². The molecule has 3 rings (SSSR count). The lowest BCUT2D eigenvalue weighted by molar-refractivity contribution is -0.131. The minimum atomic E-state index is -4.36. The van der Waals surface area contributed by atoms with Gasteiger partial charge in [-0.25, -0.2) is 0 Å². The number of rotatable bonds is 4. The Labute approximate surface area is 129 Å². The average molecular weight is 331 g/mol. The molecule has 0 bridgehead atoms. The quantitative estimate of drug-likeness (QED) is 0.851. The van der Waals surface area contributed by atoms with Crippen molar-refractivity contribution in [2.24, 2.45) is 0 Å². The Kier molecular flexibility index (Phi) is 4.33. The van der Waals surface area contributed by atoms with Gasteiger partial charge in [0.05, 0.1) is 12.6 Å². The molecule has 0 aromatic carbocycles. The van der Waals surface area contributed by atoms with Crippen LogP contribution in [0.4, 0.5) is 13.2 Å². The van der Waals surface area contributed by atoms with Crippen LogP contribution in [0.2, 0.25) is 0 Å². The molecular formula is C13H16F3N5O2. The summed E-state index contributed by atoms with van der Waals surface area (Å²) in [6.45, 7) is 2.88. The zero-order chi connectivity index (χ0) is 16.4. The average Bonchev–Trinajstić information content (AvgIpc) is 3.07. The van der Waals surface area contributed by atoms with Crippen LogP contribution in [0.3, 0.4) is 0 Å². The summed E-state index contributed by atoms with van der Waals surface area (Å²) in [5.41, 5.74) is 0. The molecule has 23 heavy (non-hydrogen) atoms. The van der Waals surface area contributed by atoms with E-state index in [0.29, 0.717) is 18.3 Å². The number of aromatic nitrogens is 4. The molecule has 126 valence electrons. The first-order valence-corrected chi connectivity index (χ1v) is 7.33. The maximum Gasteiger partial charge on any atom is 0.397 e. The van der Waals surface area contributed by atoms with Crippen LogP contribution in [-0.4, -0.2) is 38.0 Å². The van der Waals surface area contributed by atoms with Crippen molar-refractivity contribution >= 4 is 0 Å². The van der Waals surface area contributed by atoms with Crippen LogP contribution < -0.4 is 0 Å². The van der Waals surface area contributed by atoms with E-state index in [1.54, 1.807) is 6.92 Å². The van der Waals surface area contributed by atoms with Crippen molar-refractivity contribution in [3.05, 3.63) is 23.5 Å². The number of hydrogen-bond acceptors (Lipinski definition) is 7. The van der Waals surface area contributed by atoms with Crippen LogP contribution in [0, 0.1) is 6.92 Å². The molecule has 1 saturated heterocycles. The largest absolute Gasteiger partial charge is 0.423 e.